The van der Waals surface area contributed by atoms with E-state index in [2.05, 4.69) is 54.4 Å². The number of nitrogens with one attached hydrogen (secondary N) is 2. The fourth-order valence-electron chi connectivity index (χ4n) is 2.64. The minimum absolute atomic E-state index is 0.593. The molecule has 1 aliphatic rings. The zero-order valence-corrected chi connectivity index (χ0v) is 11.1. The minimum atomic E-state index is 0.593. The number of hydrogen-bond donors (Lipinski definition) is 2. The van der Waals surface area contributed by atoms with Gasteiger partial charge in [-0.2, -0.15) is 9.97 Å². The number of H-pyrrole nitrogens is 1. The van der Waals surface area contributed by atoms with Crippen molar-refractivity contribution in [2.24, 2.45) is 0 Å². The van der Waals surface area contributed by atoms with Crippen molar-refractivity contribution < 1.29 is 0 Å². The minimum Gasteiger partial charge on any atom is -0.357 e. The molecule has 1 aliphatic heterocycles. The number of rotatable bonds is 2. The lowest BCUT2D eigenvalue weighted by molar-refractivity contribution is 0.859. The topological polar surface area (TPSA) is 69.7 Å². The van der Waals surface area contributed by atoms with Crippen LogP contribution in [0.5, 0.6) is 0 Å². The van der Waals surface area contributed by atoms with E-state index in [0.29, 0.717) is 11.6 Å². The zero-order chi connectivity index (χ0) is 13.5. The molecule has 0 radical (unpaired) electrons. The van der Waals surface area contributed by atoms with Crippen LogP contribution in [0.3, 0.4) is 0 Å². The number of benzene rings is 1. The van der Waals surface area contributed by atoms with Crippen molar-refractivity contribution in [1.29, 1.82) is 0 Å². The first kappa shape index (κ1) is 11.2. The molecule has 3 aromatic rings. The second-order valence-corrected chi connectivity index (χ2v) is 4.85. The molecule has 2 N–H and O–H groups in total. The average Bonchev–Trinajstić information content (AvgIpc) is 3.12. The number of nitrogens with zero attached hydrogens (tertiary/aromatic N) is 4. The molecule has 100 valence electrons. The molecule has 0 atom stereocenters. The Hall–Kier alpha value is -2.63. The Morgan fingerprint density at radius 1 is 1.15 bits per heavy atom. The van der Waals surface area contributed by atoms with Crippen LogP contribution < -0.4 is 10.2 Å². The molecule has 0 amide bonds. The Morgan fingerprint density at radius 3 is 2.60 bits per heavy atom. The van der Waals surface area contributed by atoms with Crippen molar-refractivity contribution in [2.45, 2.75) is 13.1 Å². The average molecular weight is 266 g/mol. The summed E-state index contributed by atoms with van der Waals surface area (Å²) >= 11 is 0. The molecule has 4 rings (SSSR count). The van der Waals surface area contributed by atoms with Crippen molar-refractivity contribution in [2.75, 3.05) is 17.3 Å². The summed E-state index contributed by atoms with van der Waals surface area (Å²) in [6.45, 7) is 1.73. The Morgan fingerprint density at radius 2 is 1.90 bits per heavy atom. The van der Waals surface area contributed by atoms with E-state index in [1.165, 1.54) is 11.1 Å². The normalized spacial score (nSPS) is 13.8. The highest BCUT2D eigenvalue weighted by Crippen LogP contribution is 2.30. The number of anilines is 2. The lowest BCUT2D eigenvalue weighted by Gasteiger charge is -2.17. The van der Waals surface area contributed by atoms with Crippen LogP contribution in [0.1, 0.15) is 11.1 Å². The number of aromatic amines is 1. The molecule has 0 bridgehead atoms. The first-order valence-electron chi connectivity index (χ1n) is 6.56. The Balaban J connectivity index is 1.82. The first-order chi connectivity index (χ1) is 9.85. The molecule has 0 fully saturated rings. The van der Waals surface area contributed by atoms with Gasteiger partial charge < -0.3 is 15.2 Å². The van der Waals surface area contributed by atoms with Gasteiger partial charge in [0.15, 0.2) is 11.5 Å². The summed E-state index contributed by atoms with van der Waals surface area (Å²) in [6, 6.07) is 8.49. The summed E-state index contributed by atoms with van der Waals surface area (Å²) in [4.78, 5) is 18.5. The molecule has 0 unspecified atom stereocenters. The summed E-state index contributed by atoms with van der Waals surface area (Å²) in [5, 5.41) is 2.99. The van der Waals surface area contributed by atoms with Gasteiger partial charge in [-0.05, 0) is 11.1 Å². The predicted molar refractivity (Wildman–Crippen MR) is 77.6 cm³/mol. The Kier molecular flexibility index (Phi) is 2.35. The van der Waals surface area contributed by atoms with Crippen LogP contribution in [0.25, 0.3) is 11.2 Å². The fourth-order valence-corrected chi connectivity index (χ4v) is 2.64. The van der Waals surface area contributed by atoms with Gasteiger partial charge >= 0.3 is 0 Å². The van der Waals surface area contributed by atoms with Crippen molar-refractivity contribution in [1.82, 2.24) is 19.9 Å². The number of hydrogen-bond acceptors (Lipinski definition) is 5. The van der Waals surface area contributed by atoms with Crippen LogP contribution in [-0.2, 0) is 13.1 Å². The lowest BCUT2D eigenvalue weighted by Crippen LogP contribution is -2.17. The largest absolute Gasteiger partial charge is 0.357 e. The van der Waals surface area contributed by atoms with E-state index < -0.39 is 0 Å². The van der Waals surface area contributed by atoms with Gasteiger partial charge in [-0.1, -0.05) is 24.3 Å². The van der Waals surface area contributed by atoms with Crippen molar-refractivity contribution in [3.05, 3.63) is 41.7 Å². The van der Waals surface area contributed by atoms with E-state index in [9.17, 15) is 0 Å². The number of aromatic nitrogens is 4. The molecule has 1 aromatic carbocycles. The van der Waals surface area contributed by atoms with Gasteiger partial charge in [0.1, 0.15) is 5.52 Å². The molecule has 2 aromatic heterocycles. The maximum Gasteiger partial charge on any atom is 0.226 e. The van der Waals surface area contributed by atoms with E-state index in [1.54, 1.807) is 6.33 Å². The maximum absolute atomic E-state index is 4.59. The number of imidazole rings is 1. The van der Waals surface area contributed by atoms with Gasteiger partial charge in [0.05, 0.1) is 6.33 Å². The quantitative estimate of drug-likeness (QED) is 0.741. The summed E-state index contributed by atoms with van der Waals surface area (Å²) in [5.41, 5.74) is 4.28. The molecular weight excluding hydrogens is 252 g/mol. The third-order valence-corrected chi connectivity index (χ3v) is 3.63. The van der Waals surface area contributed by atoms with Crippen molar-refractivity contribution in [3.63, 3.8) is 0 Å². The maximum atomic E-state index is 4.59. The molecule has 20 heavy (non-hydrogen) atoms. The Labute approximate surface area is 115 Å². The molecule has 6 nitrogen and oxygen atoms in total. The zero-order valence-electron chi connectivity index (χ0n) is 11.1. The third-order valence-electron chi connectivity index (χ3n) is 3.63. The fraction of sp³-hybridized carbons (Fsp3) is 0.214. The highest BCUT2D eigenvalue weighted by molar-refractivity contribution is 5.84. The van der Waals surface area contributed by atoms with E-state index >= 15 is 0 Å². The molecular formula is C14H14N6. The molecule has 6 heteroatoms. The van der Waals surface area contributed by atoms with Crippen LogP contribution >= 0.6 is 0 Å². The van der Waals surface area contributed by atoms with Crippen molar-refractivity contribution >= 4 is 22.9 Å². The predicted octanol–water partition coefficient (Wildman–Crippen LogP) is 1.91. The van der Waals surface area contributed by atoms with E-state index in [1.807, 2.05) is 7.05 Å². The lowest BCUT2D eigenvalue weighted by atomic mass is 10.1. The SMILES string of the molecule is CNc1nc(N2Cc3ccccc3C2)c2[nH]cnc2n1. The van der Waals surface area contributed by atoms with Gasteiger partial charge in [-0.15, -0.1) is 0 Å². The van der Waals surface area contributed by atoms with E-state index in [0.717, 1.165) is 24.4 Å². The van der Waals surface area contributed by atoms with Crippen LogP contribution in [-0.4, -0.2) is 27.0 Å². The van der Waals surface area contributed by atoms with Crippen LogP contribution in [0.15, 0.2) is 30.6 Å². The molecule has 0 aliphatic carbocycles. The van der Waals surface area contributed by atoms with Gasteiger partial charge in [-0.25, -0.2) is 4.98 Å². The summed E-state index contributed by atoms with van der Waals surface area (Å²) in [5.74, 6) is 1.49. The summed E-state index contributed by atoms with van der Waals surface area (Å²) in [7, 11) is 1.82. The standard InChI is InChI=1S/C14H14N6/c1-15-14-18-12-11(16-8-17-12)13(19-14)20-6-9-4-2-3-5-10(9)7-20/h2-5,8H,6-7H2,1H3,(H2,15,16,17,18,19). The van der Waals surface area contributed by atoms with Gasteiger partial charge in [-0.3, -0.25) is 0 Å². The monoisotopic (exact) mass is 266 g/mol. The smallest absolute Gasteiger partial charge is 0.226 e. The van der Waals surface area contributed by atoms with Gasteiger partial charge in [0.25, 0.3) is 0 Å². The third kappa shape index (κ3) is 1.61. The van der Waals surface area contributed by atoms with E-state index in [4.69, 9.17) is 0 Å². The van der Waals surface area contributed by atoms with Crippen LogP contribution in [0.4, 0.5) is 11.8 Å². The summed E-state index contributed by atoms with van der Waals surface area (Å²) in [6.07, 6.45) is 1.66. The van der Waals surface area contributed by atoms with Crippen LogP contribution in [0.2, 0.25) is 0 Å². The molecule has 3 heterocycles. The highest BCUT2D eigenvalue weighted by atomic mass is 15.3. The van der Waals surface area contributed by atoms with Gasteiger partial charge in [0.2, 0.25) is 5.95 Å². The molecule has 0 spiro atoms. The highest BCUT2D eigenvalue weighted by Gasteiger charge is 2.23. The second-order valence-electron chi connectivity index (χ2n) is 4.85. The molecule has 0 saturated carbocycles. The second kappa shape index (κ2) is 4.19. The Bertz CT molecular complexity index is 753. The van der Waals surface area contributed by atoms with E-state index in [-0.39, 0.29) is 0 Å². The van der Waals surface area contributed by atoms with Gasteiger partial charge in [0, 0.05) is 20.1 Å². The number of fused-ring (bicyclic) bond motifs is 2. The molecule has 0 saturated heterocycles. The summed E-state index contributed by atoms with van der Waals surface area (Å²) < 4.78 is 0. The van der Waals surface area contributed by atoms with Crippen LogP contribution in [0, 0.1) is 0 Å². The first-order valence-corrected chi connectivity index (χ1v) is 6.56. The van der Waals surface area contributed by atoms with Crippen molar-refractivity contribution in [3.8, 4) is 0 Å².